The Balaban J connectivity index is 2.13. The lowest BCUT2D eigenvalue weighted by Gasteiger charge is -2.06. The predicted molar refractivity (Wildman–Crippen MR) is 109 cm³/mol. The molecule has 0 saturated carbocycles. The van der Waals surface area contributed by atoms with Crippen molar-refractivity contribution in [3.63, 3.8) is 0 Å². The van der Waals surface area contributed by atoms with Crippen LogP contribution < -0.4 is 0 Å². The summed E-state index contributed by atoms with van der Waals surface area (Å²) in [6.45, 7) is 2.20. The Morgan fingerprint density at radius 3 is 2.00 bits per heavy atom. The number of hydrogen-bond acceptors (Lipinski definition) is 3. The first-order valence-corrected chi connectivity index (χ1v) is 9.61. The quantitative estimate of drug-likeness (QED) is 0.338. The van der Waals surface area contributed by atoms with Gasteiger partial charge in [-0.15, -0.1) is 0 Å². The highest BCUT2D eigenvalue weighted by Gasteiger charge is 2.27. The van der Waals surface area contributed by atoms with E-state index < -0.39 is 0 Å². The van der Waals surface area contributed by atoms with Gasteiger partial charge in [0.25, 0.3) is 0 Å². The highest BCUT2D eigenvalue weighted by atomic mass is 16.5. The molecule has 2 aromatic carbocycles. The Labute approximate surface area is 161 Å². The molecule has 0 amide bonds. The first-order valence-electron chi connectivity index (χ1n) is 9.61. The highest BCUT2D eigenvalue weighted by molar-refractivity contribution is 5.99. The van der Waals surface area contributed by atoms with E-state index in [0.29, 0.717) is 11.3 Å². The number of unbranched alkanes of at least 4 members (excludes halogenated alkanes) is 3. The largest absolute Gasteiger partial charge is 0.465 e. The molecule has 0 atom stereocenters. The molecule has 0 N–H and O–H groups in total. The van der Waals surface area contributed by atoms with E-state index in [1.165, 1.54) is 20.0 Å². The number of rotatable bonds is 8. The maximum Gasteiger partial charge on any atom is 0.342 e. The Hall–Kier alpha value is -2.81. The molecule has 0 aliphatic carbocycles. The summed E-state index contributed by atoms with van der Waals surface area (Å²) in [7, 11) is 1.42. The molecule has 3 rings (SSSR count). The van der Waals surface area contributed by atoms with Gasteiger partial charge in [-0.1, -0.05) is 86.8 Å². The van der Waals surface area contributed by atoms with Crippen LogP contribution in [0.5, 0.6) is 0 Å². The zero-order chi connectivity index (χ0) is 19.1. The van der Waals surface area contributed by atoms with Crippen molar-refractivity contribution in [1.82, 2.24) is 0 Å². The van der Waals surface area contributed by atoms with Crippen LogP contribution in [-0.4, -0.2) is 13.1 Å². The van der Waals surface area contributed by atoms with Gasteiger partial charge >= 0.3 is 5.97 Å². The van der Waals surface area contributed by atoms with E-state index in [2.05, 4.69) is 6.92 Å². The van der Waals surface area contributed by atoms with Crippen molar-refractivity contribution >= 4 is 5.97 Å². The van der Waals surface area contributed by atoms with Crippen molar-refractivity contribution < 1.29 is 13.9 Å². The van der Waals surface area contributed by atoms with Crippen LogP contribution in [0.2, 0.25) is 0 Å². The average Bonchev–Trinajstić information content (AvgIpc) is 3.11. The second-order valence-electron chi connectivity index (χ2n) is 6.65. The molecule has 0 radical (unpaired) electrons. The van der Waals surface area contributed by atoms with Gasteiger partial charge in [0.15, 0.2) is 0 Å². The number of hydrogen-bond donors (Lipinski definition) is 0. The third kappa shape index (κ3) is 4.30. The van der Waals surface area contributed by atoms with E-state index >= 15 is 0 Å². The SMILES string of the molecule is CCCCCCc1c(-c2ccccc2)oc(-c2ccccc2)c1C(=O)OC. The van der Waals surface area contributed by atoms with Crippen LogP contribution in [0.1, 0.15) is 48.5 Å². The fourth-order valence-electron chi connectivity index (χ4n) is 3.37. The normalized spacial score (nSPS) is 10.7. The van der Waals surface area contributed by atoms with Crippen molar-refractivity contribution in [3.05, 3.63) is 71.8 Å². The van der Waals surface area contributed by atoms with Crippen LogP contribution in [0.4, 0.5) is 0 Å². The van der Waals surface area contributed by atoms with Gasteiger partial charge in [0.1, 0.15) is 17.1 Å². The lowest BCUT2D eigenvalue weighted by Crippen LogP contribution is -2.05. The van der Waals surface area contributed by atoms with Crippen LogP contribution in [0.15, 0.2) is 65.1 Å². The summed E-state index contributed by atoms with van der Waals surface area (Å²) in [4.78, 5) is 12.7. The highest BCUT2D eigenvalue weighted by Crippen LogP contribution is 2.38. The van der Waals surface area contributed by atoms with Crippen LogP contribution >= 0.6 is 0 Å². The van der Waals surface area contributed by atoms with Gasteiger partial charge in [-0.3, -0.25) is 0 Å². The summed E-state index contributed by atoms with van der Waals surface area (Å²) < 4.78 is 11.4. The lowest BCUT2D eigenvalue weighted by atomic mass is 9.97. The summed E-state index contributed by atoms with van der Waals surface area (Å²) in [6.07, 6.45) is 5.32. The molecule has 0 spiro atoms. The van der Waals surface area contributed by atoms with Crippen molar-refractivity contribution in [2.24, 2.45) is 0 Å². The number of carbonyl (C=O) groups is 1. The van der Waals surface area contributed by atoms with Crippen molar-refractivity contribution in [1.29, 1.82) is 0 Å². The number of benzene rings is 2. The first kappa shape index (κ1) is 19.0. The third-order valence-electron chi connectivity index (χ3n) is 4.75. The predicted octanol–water partition coefficient (Wildman–Crippen LogP) is 6.52. The number of methoxy groups -OCH3 is 1. The molecule has 3 heteroatoms. The number of furan rings is 1. The lowest BCUT2D eigenvalue weighted by molar-refractivity contribution is 0.0600. The zero-order valence-corrected chi connectivity index (χ0v) is 16.0. The van der Waals surface area contributed by atoms with Crippen LogP contribution in [-0.2, 0) is 11.2 Å². The van der Waals surface area contributed by atoms with Gasteiger partial charge in [0.2, 0.25) is 0 Å². The topological polar surface area (TPSA) is 39.4 Å². The monoisotopic (exact) mass is 362 g/mol. The van der Waals surface area contributed by atoms with Gasteiger partial charge < -0.3 is 9.15 Å². The molecule has 1 aromatic heterocycles. The number of esters is 1. The smallest absolute Gasteiger partial charge is 0.342 e. The van der Waals surface area contributed by atoms with E-state index in [1.54, 1.807) is 0 Å². The second kappa shape index (κ2) is 9.22. The van der Waals surface area contributed by atoms with E-state index in [-0.39, 0.29) is 5.97 Å². The number of carbonyl (C=O) groups excluding carboxylic acids is 1. The van der Waals surface area contributed by atoms with Gasteiger partial charge in [0, 0.05) is 16.7 Å². The van der Waals surface area contributed by atoms with Gasteiger partial charge in [-0.05, 0) is 12.8 Å². The fourth-order valence-corrected chi connectivity index (χ4v) is 3.37. The third-order valence-corrected chi connectivity index (χ3v) is 4.75. The summed E-state index contributed by atoms with van der Waals surface area (Å²) in [5.41, 5.74) is 3.37. The molecule has 0 saturated heterocycles. The minimum atomic E-state index is -0.342. The molecular weight excluding hydrogens is 336 g/mol. The maximum atomic E-state index is 12.7. The van der Waals surface area contributed by atoms with E-state index in [1.807, 2.05) is 60.7 Å². The van der Waals surface area contributed by atoms with E-state index in [9.17, 15) is 4.79 Å². The molecule has 140 valence electrons. The summed E-state index contributed by atoms with van der Waals surface area (Å²) in [5.74, 6) is 1.02. The minimum Gasteiger partial charge on any atom is -0.465 e. The van der Waals surface area contributed by atoms with Crippen LogP contribution in [0, 0.1) is 0 Å². The standard InChI is InChI=1S/C24H26O3/c1-3-4-5-12-17-20-21(24(25)26-2)23(19-15-10-7-11-16-19)27-22(20)18-13-8-6-9-14-18/h6-11,13-16H,3-5,12,17H2,1-2H3. The Morgan fingerprint density at radius 2 is 1.44 bits per heavy atom. The Kier molecular flexibility index (Phi) is 6.48. The summed E-state index contributed by atoms with van der Waals surface area (Å²) >= 11 is 0. The Bertz CT molecular complexity index is 863. The van der Waals surface area contributed by atoms with Gasteiger partial charge in [-0.2, -0.15) is 0 Å². The average molecular weight is 362 g/mol. The van der Waals surface area contributed by atoms with E-state index in [4.69, 9.17) is 9.15 Å². The molecule has 3 aromatic rings. The summed E-state index contributed by atoms with van der Waals surface area (Å²) in [5, 5.41) is 0. The molecule has 0 aliphatic rings. The van der Waals surface area contributed by atoms with Crippen molar-refractivity contribution in [2.45, 2.75) is 39.0 Å². The molecular formula is C24H26O3. The van der Waals surface area contributed by atoms with Gasteiger partial charge in [0.05, 0.1) is 7.11 Å². The summed E-state index contributed by atoms with van der Waals surface area (Å²) in [6, 6.07) is 19.7. The first-order chi connectivity index (χ1) is 13.3. The molecule has 1 heterocycles. The zero-order valence-electron chi connectivity index (χ0n) is 16.0. The Morgan fingerprint density at radius 1 is 0.852 bits per heavy atom. The second-order valence-corrected chi connectivity index (χ2v) is 6.65. The molecule has 0 aliphatic heterocycles. The molecule has 0 bridgehead atoms. The van der Waals surface area contributed by atoms with Crippen molar-refractivity contribution in [3.8, 4) is 22.6 Å². The van der Waals surface area contributed by atoms with Crippen LogP contribution in [0.25, 0.3) is 22.6 Å². The van der Waals surface area contributed by atoms with E-state index in [0.717, 1.165) is 41.7 Å². The molecule has 0 unspecified atom stereocenters. The van der Waals surface area contributed by atoms with Crippen molar-refractivity contribution in [2.75, 3.05) is 7.11 Å². The molecule has 0 fully saturated rings. The van der Waals surface area contributed by atoms with Crippen LogP contribution in [0.3, 0.4) is 0 Å². The fraction of sp³-hybridized carbons (Fsp3) is 0.292. The molecule has 3 nitrogen and oxygen atoms in total. The number of ether oxygens (including phenoxy) is 1. The van der Waals surface area contributed by atoms with Gasteiger partial charge in [-0.25, -0.2) is 4.79 Å². The minimum absolute atomic E-state index is 0.342. The maximum absolute atomic E-state index is 12.7. The molecule has 27 heavy (non-hydrogen) atoms.